The van der Waals surface area contributed by atoms with Gasteiger partial charge in [-0.15, -0.1) is 0 Å². The van der Waals surface area contributed by atoms with Crippen LogP contribution in [0.15, 0.2) is 72.8 Å². The number of phenols is 8. The molecule has 0 heterocycles. The first-order valence-electron chi connectivity index (χ1n) is 9.72. The number of phenolic OH excluding ortho intramolecular Hbond substituents is 8. The maximum absolute atomic E-state index is 10.3. The Kier molecular flexibility index (Phi) is 5.19. The Morgan fingerprint density at radius 3 is 0.576 bits per heavy atom. The number of aromatic hydroxyl groups is 8. The second-order valence-corrected chi connectivity index (χ2v) is 11.5. The molecule has 0 saturated heterocycles. The van der Waals surface area contributed by atoms with Crippen LogP contribution >= 0.6 is 0 Å². The van der Waals surface area contributed by atoms with Crippen LogP contribution in [0.3, 0.4) is 0 Å². The van der Waals surface area contributed by atoms with E-state index in [1.807, 2.05) is 0 Å². The molecule has 0 amide bonds. The lowest BCUT2D eigenvalue weighted by Gasteiger charge is -2.35. The Hall–Kier alpha value is -4.50. The van der Waals surface area contributed by atoms with Gasteiger partial charge < -0.3 is 40.9 Å². The minimum Gasteiger partial charge on any atom is -0.508 e. The van der Waals surface area contributed by atoms with E-state index >= 15 is 0 Å². The Balaban J connectivity index is 2.28. The molecule has 0 unspecified atom stereocenters. The van der Waals surface area contributed by atoms with Crippen LogP contribution in [0.25, 0.3) is 0 Å². The lowest BCUT2D eigenvalue weighted by atomic mass is 10.3. The van der Waals surface area contributed by atoms with Gasteiger partial charge in [-0.25, -0.2) is 0 Å². The van der Waals surface area contributed by atoms with Crippen molar-refractivity contribution in [3.63, 3.8) is 0 Å². The SMILES string of the molecule is Oc1cc(O)cc([Si](c2cc(O)cc(O)c2)(c2cc(O)cc(O)c2)c2cc(O)cc(O)c2)c1. The maximum atomic E-state index is 10.3. The lowest BCUT2D eigenvalue weighted by Crippen LogP contribution is -2.74. The smallest absolute Gasteiger partial charge is 0.180 e. The molecule has 0 fully saturated rings. The third kappa shape index (κ3) is 3.92. The van der Waals surface area contributed by atoms with E-state index in [9.17, 15) is 40.9 Å². The zero-order chi connectivity index (χ0) is 23.9. The summed E-state index contributed by atoms with van der Waals surface area (Å²) >= 11 is 0. The van der Waals surface area contributed by atoms with Crippen molar-refractivity contribution < 1.29 is 40.9 Å². The maximum Gasteiger partial charge on any atom is 0.180 e. The van der Waals surface area contributed by atoms with Crippen LogP contribution < -0.4 is 20.7 Å². The van der Waals surface area contributed by atoms with Gasteiger partial charge in [0.25, 0.3) is 0 Å². The zero-order valence-corrected chi connectivity index (χ0v) is 18.0. The van der Waals surface area contributed by atoms with Gasteiger partial charge in [-0.2, -0.15) is 0 Å². The van der Waals surface area contributed by atoms with Crippen LogP contribution in [-0.4, -0.2) is 48.9 Å². The van der Waals surface area contributed by atoms with Crippen LogP contribution in [-0.2, 0) is 0 Å². The van der Waals surface area contributed by atoms with E-state index in [4.69, 9.17) is 0 Å². The number of rotatable bonds is 4. The predicted octanol–water partition coefficient (Wildman–Crippen LogP) is 0.709. The Bertz CT molecular complexity index is 1080. The molecule has 4 rings (SSSR count). The van der Waals surface area contributed by atoms with Crippen molar-refractivity contribution in [1.29, 1.82) is 0 Å². The fraction of sp³-hybridized carbons (Fsp3) is 0. The second kappa shape index (κ2) is 7.88. The Morgan fingerprint density at radius 2 is 0.424 bits per heavy atom. The largest absolute Gasteiger partial charge is 0.508 e. The summed E-state index contributed by atoms with van der Waals surface area (Å²) in [5.41, 5.74) is 0. The van der Waals surface area contributed by atoms with Crippen molar-refractivity contribution in [2.24, 2.45) is 0 Å². The minimum absolute atomic E-state index is 0.292. The lowest BCUT2D eigenvalue weighted by molar-refractivity contribution is 0.450. The highest BCUT2D eigenvalue weighted by atomic mass is 28.3. The van der Waals surface area contributed by atoms with E-state index in [2.05, 4.69) is 0 Å². The molecule has 0 atom stereocenters. The first-order valence-corrected chi connectivity index (χ1v) is 11.7. The highest BCUT2D eigenvalue weighted by molar-refractivity contribution is 7.20. The molecule has 0 saturated carbocycles. The molecule has 0 radical (unpaired) electrons. The summed E-state index contributed by atoms with van der Waals surface area (Å²) in [5.74, 6) is -2.33. The van der Waals surface area contributed by atoms with E-state index in [0.29, 0.717) is 20.7 Å². The summed E-state index contributed by atoms with van der Waals surface area (Å²) in [7, 11) is -3.83. The summed E-state index contributed by atoms with van der Waals surface area (Å²) in [6.45, 7) is 0. The molecule has 8 nitrogen and oxygen atoms in total. The molecule has 4 aromatic rings. The monoisotopic (exact) mass is 464 g/mol. The topological polar surface area (TPSA) is 162 Å². The summed E-state index contributed by atoms with van der Waals surface area (Å²) in [6.07, 6.45) is 0. The molecular formula is C24H20O8Si. The molecule has 0 aliphatic carbocycles. The van der Waals surface area contributed by atoms with Gasteiger partial charge in [0.2, 0.25) is 0 Å². The molecule has 4 aromatic carbocycles. The fourth-order valence-electron chi connectivity index (χ4n) is 4.25. The van der Waals surface area contributed by atoms with E-state index < -0.39 is 8.07 Å². The van der Waals surface area contributed by atoms with Crippen LogP contribution in [0.1, 0.15) is 0 Å². The summed E-state index contributed by atoms with van der Waals surface area (Å²) in [5, 5.41) is 83.6. The van der Waals surface area contributed by atoms with Gasteiger partial charge in [-0.3, -0.25) is 0 Å². The molecule has 9 heteroatoms. The minimum atomic E-state index is -3.83. The van der Waals surface area contributed by atoms with Crippen molar-refractivity contribution in [2.45, 2.75) is 0 Å². The van der Waals surface area contributed by atoms with Gasteiger partial charge in [0.15, 0.2) is 8.07 Å². The average Bonchev–Trinajstić information content (AvgIpc) is 2.65. The van der Waals surface area contributed by atoms with Gasteiger partial charge in [0.05, 0.1) is 0 Å². The van der Waals surface area contributed by atoms with Crippen molar-refractivity contribution in [2.75, 3.05) is 0 Å². The third-order valence-electron chi connectivity index (χ3n) is 5.34. The number of hydrogen-bond donors (Lipinski definition) is 8. The summed E-state index contributed by atoms with van der Waals surface area (Å²) in [6, 6.07) is 15.3. The molecule has 0 spiro atoms. The van der Waals surface area contributed by atoms with Gasteiger partial charge in [0.1, 0.15) is 46.0 Å². The predicted molar refractivity (Wildman–Crippen MR) is 123 cm³/mol. The van der Waals surface area contributed by atoms with Crippen LogP contribution in [0.4, 0.5) is 0 Å². The quantitative estimate of drug-likeness (QED) is 0.162. The molecule has 8 N–H and O–H groups in total. The van der Waals surface area contributed by atoms with Gasteiger partial charge >= 0.3 is 0 Å². The molecular weight excluding hydrogens is 444 g/mol. The van der Waals surface area contributed by atoms with Gasteiger partial charge in [-0.05, 0) is 69.3 Å². The van der Waals surface area contributed by atoms with Crippen molar-refractivity contribution in [3.05, 3.63) is 72.8 Å². The second-order valence-electron chi connectivity index (χ2n) is 7.70. The third-order valence-corrected chi connectivity index (χ3v) is 9.96. The van der Waals surface area contributed by atoms with Crippen LogP contribution in [0.2, 0.25) is 0 Å². The summed E-state index contributed by atoms with van der Waals surface area (Å²) in [4.78, 5) is 0. The Labute approximate surface area is 188 Å². The standard InChI is InChI=1S/C24H20O8Si/c25-13-1-14(26)6-21(5-13)33(22-7-15(27)2-16(28)8-22,23-9-17(29)3-18(30)10-23)24-11-19(31)4-20(32)12-24/h1-12,25-32H. The van der Waals surface area contributed by atoms with E-state index in [0.717, 1.165) is 24.3 Å². The van der Waals surface area contributed by atoms with E-state index in [1.54, 1.807) is 0 Å². The average molecular weight is 465 g/mol. The van der Waals surface area contributed by atoms with Crippen LogP contribution in [0.5, 0.6) is 46.0 Å². The molecule has 0 bridgehead atoms. The molecule has 33 heavy (non-hydrogen) atoms. The van der Waals surface area contributed by atoms with Crippen molar-refractivity contribution in [1.82, 2.24) is 0 Å². The van der Waals surface area contributed by atoms with E-state index in [-0.39, 0.29) is 46.0 Å². The molecule has 0 aromatic heterocycles. The first kappa shape index (κ1) is 21.7. The first-order chi connectivity index (χ1) is 15.6. The summed E-state index contributed by atoms with van der Waals surface area (Å²) < 4.78 is 0. The molecule has 168 valence electrons. The van der Waals surface area contributed by atoms with Crippen molar-refractivity contribution in [3.8, 4) is 46.0 Å². The number of benzene rings is 4. The molecule has 0 aliphatic rings. The molecule has 0 aliphatic heterocycles. The van der Waals surface area contributed by atoms with Gasteiger partial charge in [0, 0.05) is 24.3 Å². The Morgan fingerprint density at radius 1 is 0.273 bits per heavy atom. The number of hydrogen-bond acceptors (Lipinski definition) is 8. The van der Waals surface area contributed by atoms with Crippen LogP contribution in [0, 0.1) is 0 Å². The van der Waals surface area contributed by atoms with E-state index in [1.165, 1.54) is 48.5 Å². The highest BCUT2D eigenvalue weighted by Gasteiger charge is 2.44. The highest BCUT2D eigenvalue weighted by Crippen LogP contribution is 2.26. The normalized spacial score (nSPS) is 11.4. The zero-order valence-electron chi connectivity index (χ0n) is 17.0. The fourth-order valence-corrected chi connectivity index (χ4v) is 9.16. The van der Waals surface area contributed by atoms with Gasteiger partial charge in [-0.1, -0.05) is 0 Å². The van der Waals surface area contributed by atoms with Crippen molar-refractivity contribution >= 4 is 28.8 Å².